The molecule has 0 aromatic rings. The monoisotopic (exact) mass is 438 g/mol. The smallest absolute Gasteiger partial charge is 0.0594 e. The summed E-state index contributed by atoms with van der Waals surface area (Å²) < 4.78 is 0. The van der Waals surface area contributed by atoms with E-state index in [9.17, 15) is 5.11 Å². The van der Waals surface area contributed by atoms with Gasteiger partial charge in [0.25, 0.3) is 0 Å². The van der Waals surface area contributed by atoms with Crippen LogP contribution in [0.3, 0.4) is 0 Å². The molecule has 0 spiro atoms. The Morgan fingerprint density at radius 1 is 0.812 bits per heavy atom. The molecule has 5 aliphatic rings. The Kier molecular flexibility index (Phi) is 5.07. The molecule has 0 radical (unpaired) electrons. The zero-order valence-electron chi connectivity index (χ0n) is 22.0. The summed E-state index contributed by atoms with van der Waals surface area (Å²) in [5, 5.41) is 10.9. The lowest BCUT2D eigenvalue weighted by molar-refractivity contribution is -0.244. The molecule has 0 heterocycles. The van der Waals surface area contributed by atoms with Crippen LogP contribution < -0.4 is 0 Å². The first-order valence-corrected chi connectivity index (χ1v) is 13.8. The number of aliphatic hydroxyl groups is 1. The van der Waals surface area contributed by atoms with Gasteiger partial charge in [-0.1, -0.05) is 52.8 Å². The van der Waals surface area contributed by atoms with Crippen molar-refractivity contribution in [3.8, 4) is 0 Å². The fraction of sp³-hybridized carbons (Fsp3) is 0.871. The fourth-order valence-corrected chi connectivity index (χ4v) is 11.5. The van der Waals surface area contributed by atoms with Crippen LogP contribution in [0.25, 0.3) is 0 Å². The largest absolute Gasteiger partial charge is 0.393 e. The van der Waals surface area contributed by atoms with Crippen LogP contribution in [0.1, 0.15) is 106 Å². The lowest BCUT2D eigenvalue weighted by Crippen LogP contribution is -2.66. The summed E-state index contributed by atoms with van der Waals surface area (Å²) in [7, 11) is 0. The van der Waals surface area contributed by atoms with Crippen LogP contribution >= 0.6 is 0 Å². The molecule has 0 bridgehead atoms. The van der Waals surface area contributed by atoms with Crippen molar-refractivity contribution in [2.45, 2.75) is 112 Å². The summed E-state index contributed by atoms with van der Waals surface area (Å²) in [6, 6.07) is 0. The van der Waals surface area contributed by atoms with Crippen molar-refractivity contribution in [2.24, 2.45) is 56.7 Å². The van der Waals surface area contributed by atoms with Gasteiger partial charge in [-0.05, 0) is 128 Å². The number of allylic oxidation sites excluding steroid dienone is 2. The third-order valence-electron chi connectivity index (χ3n) is 13.5. The molecule has 10 unspecified atom stereocenters. The zero-order valence-corrected chi connectivity index (χ0v) is 22.0. The lowest BCUT2D eigenvalue weighted by atomic mass is 9.32. The van der Waals surface area contributed by atoms with Crippen LogP contribution in [-0.2, 0) is 0 Å². The molecule has 1 N–H and O–H groups in total. The first-order chi connectivity index (χ1) is 14.9. The average Bonchev–Trinajstić information content (AvgIpc) is 3.12. The van der Waals surface area contributed by atoms with Gasteiger partial charge in [0.1, 0.15) is 0 Å². The molecule has 5 rings (SSSR count). The van der Waals surface area contributed by atoms with Gasteiger partial charge < -0.3 is 5.11 Å². The second-order valence-corrected chi connectivity index (χ2v) is 14.5. The molecule has 1 nitrogen and oxygen atoms in total. The van der Waals surface area contributed by atoms with E-state index < -0.39 is 0 Å². The van der Waals surface area contributed by atoms with Crippen molar-refractivity contribution in [1.82, 2.24) is 0 Å². The molecule has 5 aliphatic carbocycles. The molecule has 10 atom stereocenters. The summed E-state index contributed by atoms with van der Waals surface area (Å²) >= 11 is 0. The van der Waals surface area contributed by atoms with E-state index in [-0.39, 0.29) is 11.5 Å². The highest BCUT2D eigenvalue weighted by Gasteiger charge is 2.70. The van der Waals surface area contributed by atoms with Gasteiger partial charge in [-0.15, -0.1) is 6.58 Å². The van der Waals surface area contributed by atoms with Gasteiger partial charge in [0, 0.05) is 0 Å². The van der Waals surface area contributed by atoms with Gasteiger partial charge in [0.05, 0.1) is 6.10 Å². The van der Waals surface area contributed by atoms with Gasteiger partial charge in [0.15, 0.2) is 0 Å². The summed E-state index contributed by atoms with van der Waals surface area (Å²) in [5.41, 5.74) is 3.03. The van der Waals surface area contributed by atoms with Crippen LogP contribution in [0.4, 0.5) is 0 Å². The first kappa shape index (κ1) is 23.2. The molecule has 180 valence electrons. The fourth-order valence-electron chi connectivity index (χ4n) is 11.5. The predicted molar refractivity (Wildman–Crippen MR) is 135 cm³/mol. The quantitative estimate of drug-likeness (QED) is 0.431. The lowest BCUT2D eigenvalue weighted by Gasteiger charge is -2.73. The number of hydrogen-bond donors (Lipinski definition) is 1. The van der Waals surface area contributed by atoms with Gasteiger partial charge in [-0.2, -0.15) is 0 Å². The highest BCUT2D eigenvalue weighted by atomic mass is 16.3. The number of fused-ring (bicyclic) bond motifs is 7. The van der Waals surface area contributed by atoms with Crippen LogP contribution in [0.15, 0.2) is 24.8 Å². The van der Waals surface area contributed by atoms with E-state index >= 15 is 0 Å². The van der Waals surface area contributed by atoms with Crippen molar-refractivity contribution < 1.29 is 5.11 Å². The Labute approximate surface area is 198 Å². The Bertz CT molecular complexity index is 809. The van der Waals surface area contributed by atoms with E-state index in [0.717, 1.165) is 24.2 Å². The molecule has 0 amide bonds. The summed E-state index contributed by atoms with van der Waals surface area (Å²) in [6.45, 7) is 24.0. The van der Waals surface area contributed by atoms with E-state index in [2.05, 4.69) is 60.8 Å². The number of rotatable bonds is 2. The van der Waals surface area contributed by atoms with Gasteiger partial charge in [-0.3, -0.25) is 0 Å². The predicted octanol–water partition coefficient (Wildman–Crippen LogP) is 8.19. The third kappa shape index (κ3) is 2.61. The maximum atomic E-state index is 10.9. The van der Waals surface area contributed by atoms with Crippen LogP contribution in [0.5, 0.6) is 0 Å². The summed E-state index contributed by atoms with van der Waals surface area (Å²) in [6.07, 6.45) is 15.3. The number of aliphatic hydroxyl groups excluding tert-OH is 1. The van der Waals surface area contributed by atoms with Gasteiger partial charge >= 0.3 is 0 Å². The molecule has 5 fully saturated rings. The molecule has 0 aromatic heterocycles. The molecule has 0 saturated heterocycles. The SMILES string of the molecule is C=CC12CCC(C(=C)C)C1C1CCC3C4(C)CCC(O)C(C)(C)C4CCC3(C)C1(C)CC2. The Balaban J connectivity index is 1.56. The van der Waals surface area contributed by atoms with E-state index in [1.54, 1.807) is 0 Å². The molecule has 1 heteroatoms. The van der Waals surface area contributed by atoms with E-state index in [0.29, 0.717) is 33.5 Å². The second kappa shape index (κ2) is 6.99. The van der Waals surface area contributed by atoms with Crippen molar-refractivity contribution in [1.29, 1.82) is 0 Å². The molecule has 0 aliphatic heterocycles. The molecule has 0 aromatic carbocycles. The molecular formula is C31H50O. The maximum Gasteiger partial charge on any atom is 0.0594 e. The summed E-state index contributed by atoms with van der Waals surface area (Å²) in [5.74, 6) is 3.70. The first-order valence-electron chi connectivity index (χ1n) is 13.8. The minimum Gasteiger partial charge on any atom is -0.393 e. The highest BCUT2D eigenvalue weighted by molar-refractivity contribution is 5.23. The van der Waals surface area contributed by atoms with E-state index in [1.165, 1.54) is 63.4 Å². The molecule has 5 saturated carbocycles. The third-order valence-corrected chi connectivity index (χ3v) is 13.5. The standard InChI is InChI=1S/C31H50O/c1-9-31-17-12-21(20(2)3)26(31)22-10-11-24-28(6)15-14-25(32)27(4,5)23(28)13-16-30(24,8)29(22,7)18-19-31/h9,21-26,32H,1-2,10-19H2,3-8H3. The zero-order chi connectivity index (χ0) is 23.3. The summed E-state index contributed by atoms with van der Waals surface area (Å²) in [4.78, 5) is 0. The minimum absolute atomic E-state index is 0.0488. The van der Waals surface area contributed by atoms with Crippen LogP contribution in [-0.4, -0.2) is 11.2 Å². The van der Waals surface area contributed by atoms with Crippen LogP contribution in [0.2, 0.25) is 0 Å². The Morgan fingerprint density at radius 3 is 2.19 bits per heavy atom. The topological polar surface area (TPSA) is 20.2 Å². The second-order valence-electron chi connectivity index (χ2n) is 14.5. The van der Waals surface area contributed by atoms with E-state index in [4.69, 9.17) is 0 Å². The van der Waals surface area contributed by atoms with Crippen molar-refractivity contribution >= 4 is 0 Å². The maximum absolute atomic E-state index is 10.9. The van der Waals surface area contributed by atoms with Crippen molar-refractivity contribution in [2.75, 3.05) is 0 Å². The minimum atomic E-state index is -0.130. The van der Waals surface area contributed by atoms with Gasteiger partial charge in [0.2, 0.25) is 0 Å². The van der Waals surface area contributed by atoms with Gasteiger partial charge in [-0.25, -0.2) is 0 Å². The van der Waals surface area contributed by atoms with E-state index in [1.807, 2.05) is 0 Å². The molecule has 32 heavy (non-hydrogen) atoms. The van der Waals surface area contributed by atoms with Crippen LogP contribution in [0, 0.1) is 56.7 Å². The van der Waals surface area contributed by atoms with Crippen molar-refractivity contribution in [3.05, 3.63) is 24.8 Å². The average molecular weight is 439 g/mol. The number of hydrogen-bond acceptors (Lipinski definition) is 1. The molecular weight excluding hydrogens is 388 g/mol. The highest BCUT2D eigenvalue weighted by Crippen LogP contribution is 2.77. The van der Waals surface area contributed by atoms with Crippen molar-refractivity contribution in [3.63, 3.8) is 0 Å². The Hall–Kier alpha value is -0.560. The normalized spacial score (nSPS) is 56.3. The Morgan fingerprint density at radius 2 is 1.53 bits per heavy atom.